The summed E-state index contributed by atoms with van der Waals surface area (Å²) in [7, 11) is 0. The van der Waals surface area contributed by atoms with E-state index in [2.05, 4.69) is 34.3 Å². The highest BCUT2D eigenvalue weighted by Gasteiger charge is 2.22. The molecule has 0 rings (SSSR count). The summed E-state index contributed by atoms with van der Waals surface area (Å²) in [5, 5.41) is 9.10. The maximum atomic E-state index is 9.10. The van der Waals surface area contributed by atoms with Gasteiger partial charge in [0.25, 0.3) is 0 Å². The summed E-state index contributed by atoms with van der Waals surface area (Å²) in [6.45, 7) is 12.8. The first kappa shape index (κ1) is 12.7. The van der Waals surface area contributed by atoms with Gasteiger partial charge in [0.1, 0.15) is 0 Å². The molecule has 0 aliphatic rings. The van der Waals surface area contributed by atoms with Crippen molar-refractivity contribution in [3.05, 3.63) is 12.7 Å². The number of hydrogen-bond acceptors (Lipinski definition) is 1. The van der Waals surface area contributed by atoms with Crippen LogP contribution in [-0.4, -0.2) is 11.7 Å². The van der Waals surface area contributed by atoms with E-state index in [9.17, 15) is 0 Å². The summed E-state index contributed by atoms with van der Waals surface area (Å²) in [5.74, 6) is 0. The van der Waals surface area contributed by atoms with Gasteiger partial charge >= 0.3 is 0 Å². The number of allylic oxidation sites excluding steroid dienone is 1. The van der Waals surface area contributed by atoms with Crippen LogP contribution in [0, 0.1) is 10.8 Å². The molecule has 0 saturated heterocycles. The van der Waals surface area contributed by atoms with Crippen LogP contribution in [0.4, 0.5) is 0 Å². The lowest BCUT2D eigenvalue weighted by atomic mass is 9.78. The number of aliphatic hydroxyl groups excluding tert-OH is 1. The molecule has 0 aromatic heterocycles. The van der Waals surface area contributed by atoms with Crippen molar-refractivity contribution in [2.75, 3.05) is 6.61 Å². The van der Waals surface area contributed by atoms with Crippen molar-refractivity contribution in [2.24, 2.45) is 10.8 Å². The number of hydrogen-bond donors (Lipinski definition) is 1. The number of aliphatic hydroxyl groups is 1. The van der Waals surface area contributed by atoms with Crippen molar-refractivity contribution < 1.29 is 5.11 Å². The molecule has 0 fully saturated rings. The van der Waals surface area contributed by atoms with Gasteiger partial charge in [-0.1, -0.05) is 33.8 Å². The van der Waals surface area contributed by atoms with E-state index in [1.807, 2.05) is 6.08 Å². The van der Waals surface area contributed by atoms with Crippen molar-refractivity contribution in [1.29, 1.82) is 0 Å². The molecule has 13 heavy (non-hydrogen) atoms. The molecule has 1 heteroatoms. The van der Waals surface area contributed by atoms with Gasteiger partial charge in [-0.2, -0.15) is 0 Å². The lowest BCUT2D eigenvalue weighted by molar-refractivity contribution is 0.131. The molecule has 0 spiro atoms. The third-order valence-corrected chi connectivity index (χ3v) is 2.60. The van der Waals surface area contributed by atoms with Crippen molar-refractivity contribution in [1.82, 2.24) is 0 Å². The monoisotopic (exact) mass is 184 g/mol. The molecule has 78 valence electrons. The minimum Gasteiger partial charge on any atom is -0.396 e. The summed E-state index contributed by atoms with van der Waals surface area (Å²) in [5.41, 5.74) is 0.395. The quantitative estimate of drug-likeness (QED) is 0.627. The third kappa shape index (κ3) is 5.87. The topological polar surface area (TPSA) is 20.2 Å². The Kier molecular flexibility index (Phi) is 4.69. The molecule has 0 atom stereocenters. The van der Waals surface area contributed by atoms with E-state index in [0.29, 0.717) is 5.41 Å². The molecular formula is C12H24O. The number of rotatable bonds is 6. The Balaban J connectivity index is 3.93. The standard InChI is InChI=1S/C12H24O/c1-6-7-11(2,3)8-9-12(4,5)10-13/h6,13H,1,7-10H2,2-5H3. The fourth-order valence-corrected chi connectivity index (χ4v) is 1.25. The molecule has 0 heterocycles. The molecule has 0 aromatic rings. The van der Waals surface area contributed by atoms with E-state index in [1.165, 1.54) is 0 Å². The first-order chi connectivity index (χ1) is 5.83. The third-order valence-electron chi connectivity index (χ3n) is 2.60. The van der Waals surface area contributed by atoms with Crippen LogP contribution >= 0.6 is 0 Å². The molecular weight excluding hydrogens is 160 g/mol. The largest absolute Gasteiger partial charge is 0.396 e. The van der Waals surface area contributed by atoms with Gasteiger partial charge in [-0.05, 0) is 30.1 Å². The van der Waals surface area contributed by atoms with Gasteiger partial charge in [0.2, 0.25) is 0 Å². The highest BCUT2D eigenvalue weighted by atomic mass is 16.3. The van der Waals surface area contributed by atoms with Crippen LogP contribution in [0.15, 0.2) is 12.7 Å². The fraction of sp³-hybridized carbons (Fsp3) is 0.833. The molecule has 0 aromatic carbocycles. The second-order valence-electron chi connectivity index (χ2n) is 5.48. The van der Waals surface area contributed by atoms with Crippen LogP contribution in [-0.2, 0) is 0 Å². The van der Waals surface area contributed by atoms with Gasteiger partial charge in [0.15, 0.2) is 0 Å². The lowest BCUT2D eigenvalue weighted by Gasteiger charge is -2.29. The summed E-state index contributed by atoms with van der Waals surface area (Å²) in [6, 6.07) is 0. The van der Waals surface area contributed by atoms with Crippen LogP contribution in [0.5, 0.6) is 0 Å². The van der Waals surface area contributed by atoms with Crippen molar-refractivity contribution in [3.63, 3.8) is 0 Å². The van der Waals surface area contributed by atoms with Crippen molar-refractivity contribution in [3.8, 4) is 0 Å². The van der Waals surface area contributed by atoms with Gasteiger partial charge in [0.05, 0.1) is 0 Å². The Bertz CT molecular complexity index is 157. The zero-order chi connectivity index (χ0) is 10.5. The van der Waals surface area contributed by atoms with Crippen molar-refractivity contribution in [2.45, 2.75) is 47.0 Å². The maximum absolute atomic E-state index is 9.10. The van der Waals surface area contributed by atoms with Crippen LogP contribution in [0.3, 0.4) is 0 Å². The van der Waals surface area contributed by atoms with Crippen molar-refractivity contribution >= 4 is 0 Å². The second-order valence-corrected chi connectivity index (χ2v) is 5.48. The Hall–Kier alpha value is -0.300. The second kappa shape index (κ2) is 4.80. The molecule has 0 aliphatic heterocycles. The zero-order valence-corrected chi connectivity index (χ0v) is 9.56. The minimum absolute atomic E-state index is 0.0679. The molecule has 0 amide bonds. The van der Waals surface area contributed by atoms with Gasteiger partial charge < -0.3 is 5.11 Å². The van der Waals surface area contributed by atoms with Crippen LogP contribution in [0.2, 0.25) is 0 Å². The van der Waals surface area contributed by atoms with E-state index in [4.69, 9.17) is 5.11 Å². The lowest BCUT2D eigenvalue weighted by Crippen LogP contribution is -2.20. The minimum atomic E-state index is 0.0679. The fourth-order valence-electron chi connectivity index (χ4n) is 1.25. The highest BCUT2D eigenvalue weighted by Crippen LogP contribution is 2.32. The molecule has 0 unspecified atom stereocenters. The highest BCUT2D eigenvalue weighted by molar-refractivity contribution is 4.81. The molecule has 1 nitrogen and oxygen atoms in total. The van der Waals surface area contributed by atoms with E-state index in [1.54, 1.807) is 0 Å². The van der Waals surface area contributed by atoms with Gasteiger partial charge in [0, 0.05) is 6.61 Å². The molecule has 0 aliphatic carbocycles. The van der Waals surface area contributed by atoms with Crippen LogP contribution in [0.1, 0.15) is 47.0 Å². The van der Waals surface area contributed by atoms with E-state index in [0.717, 1.165) is 19.3 Å². The summed E-state index contributed by atoms with van der Waals surface area (Å²) in [6.07, 6.45) is 5.25. The average molecular weight is 184 g/mol. The van der Waals surface area contributed by atoms with Gasteiger partial charge in [-0.3, -0.25) is 0 Å². The van der Waals surface area contributed by atoms with E-state index < -0.39 is 0 Å². The van der Waals surface area contributed by atoms with Crippen LogP contribution < -0.4 is 0 Å². The molecule has 1 N–H and O–H groups in total. The Morgan fingerprint density at radius 3 is 1.92 bits per heavy atom. The van der Waals surface area contributed by atoms with Gasteiger partial charge in [-0.25, -0.2) is 0 Å². The summed E-state index contributed by atoms with van der Waals surface area (Å²) < 4.78 is 0. The Morgan fingerprint density at radius 2 is 1.54 bits per heavy atom. The smallest absolute Gasteiger partial charge is 0.0482 e. The zero-order valence-electron chi connectivity index (χ0n) is 9.56. The maximum Gasteiger partial charge on any atom is 0.0482 e. The summed E-state index contributed by atoms with van der Waals surface area (Å²) >= 11 is 0. The molecule has 0 radical (unpaired) electrons. The summed E-state index contributed by atoms with van der Waals surface area (Å²) in [4.78, 5) is 0. The average Bonchev–Trinajstić information content (AvgIpc) is 2.02. The molecule has 0 bridgehead atoms. The SMILES string of the molecule is C=CCC(C)(C)CCC(C)(C)CO. The Morgan fingerprint density at radius 1 is 1.08 bits per heavy atom. The van der Waals surface area contributed by atoms with Crippen LogP contribution in [0.25, 0.3) is 0 Å². The first-order valence-electron chi connectivity index (χ1n) is 5.05. The van der Waals surface area contributed by atoms with E-state index >= 15 is 0 Å². The molecule has 0 saturated carbocycles. The first-order valence-corrected chi connectivity index (χ1v) is 5.05. The normalized spacial score (nSPS) is 13.0. The van der Waals surface area contributed by atoms with E-state index in [-0.39, 0.29) is 12.0 Å². The Labute approximate surface area is 82.9 Å². The van der Waals surface area contributed by atoms with Gasteiger partial charge in [-0.15, -0.1) is 6.58 Å². The predicted octanol–water partition coefficient (Wildman–Crippen LogP) is 3.39. The predicted molar refractivity (Wildman–Crippen MR) is 58.7 cm³/mol.